The van der Waals surface area contributed by atoms with Crippen LogP contribution in [0.1, 0.15) is 16.7 Å². The van der Waals surface area contributed by atoms with Crippen molar-refractivity contribution in [3.8, 4) is 11.6 Å². The monoisotopic (exact) mass is 286 g/mol. The molecule has 3 N–H and O–H groups in total. The molecule has 21 heavy (non-hydrogen) atoms. The van der Waals surface area contributed by atoms with Crippen molar-refractivity contribution in [1.82, 2.24) is 4.98 Å². The van der Waals surface area contributed by atoms with E-state index in [0.29, 0.717) is 16.7 Å². The summed E-state index contributed by atoms with van der Waals surface area (Å²) in [5.74, 6) is -0.0530. The minimum Gasteiger partial charge on any atom is -0.431 e. The molecule has 0 aliphatic carbocycles. The molecule has 1 aromatic heterocycles. The van der Waals surface area contributed by atoms with Gasteiger partial charge in [0.25, 0.3) is 0 Å². The van der Waals surface area contributed by atoms with Gasteiger partial charge in [-0.25, -0.2) is 4.98 Å². The van der Waals surface area contributed by atoms with Crippen molar-refractivity contribution >= 4 is 11.5 Å². The minimum absolute atomic E-state index is 0.0700. The molecule has 0 bridgehead atoms. The van der Waals surface area contributed by atoms with Crippen LogP contribution < -0.4 is 10.5 Å². The van der Waals surface area contributed by atoms with Crippen LogP contribution in [0.4, 0.5) is 5.69 Å². The van der Waals surface area contributed by atoms with E-state index in [9.17, 15) is 10.1 Å². The van der Waals surface area contributed by atoms with Crippen molar-refractivity contribution in [1.29, 1.82) is 5.41 Å². The summed E-state index contributed by atoms with van der Waals surface area (Å²) < 4.78 is 5.55. The summed E-state index contributed by atoms with van der Waals surface area (Å²) in [5.41, 5.74) is 6.92. The Bertz CT molecular complexity index is 667. The Labute approximate surface area is 121 Å². The number of pyridine rings is 1. The first-order valence-corrected chi connectivity index (χ1v) is 6.13. The Morgan fingerprint density at radius 1 is 1.33 bits per heavy atom. The lowest BCUT2D eigenvalue weighted by molar-refractivity contribution is -0.386. The Kier molecular flexibility index (Phi) is 3.84. The molecule has 0 atom stereocenters. The van der Waals surface area contributed by atoms with Gasteiger partial charge in [0.2, 0.25) is 11.6 Å². The number of aryl methyl sites for hydroxylation is 2. The van der Waals surface area contributed by atoms with E-state index in [1.54, 1.807) is 32.0 Å². The van der Waals surface area contributed by atoms with E-state index in [4.69, 9.17) is 15.9 Å². The van der Waals surface area contributed by atoms with Gasteiger partial charge in [-0.05, 0) is 31.5 Å². The average molecular weight is 286 g/mol. The van der Waals surface area contributed by atoms with Gasteiger partial charge in [-0.1, -0.05) is 12.1 Å². The minimum atomic E-state index is -0.506. The molecule has 0 spiro atoms. The van der Waals surface area contributed by atoms with Crippen LogP contribution in [0.15, 0.2) is 30.5 Å². The maximum absolute atomic E-state index is 11.2. The van der Waals surface area contributed by atoms with E-state index in [2.05, 4.69) is 4.98 Å². The summed E-state index contributed by atoms with van der Waals surface area (Å²) in [4.78, 5) is 14.7. The van der Waals surface area contributed by atoms with Crippen molar-refractivity contribution in [2.45, 2.75) is 13.8 Å². The molecule has 0 aliphatic rings. The van der Waals surface area contributed by atoms with Crippen molar-refractivity contribution in [3.05, 3.63) is 57.3 Å². The molecule has 7 nitrogen and oxygen atoms in total. The molecule has 0 saturated heterocycles. The van der Waals surface area contributed by atoms with Gasteiger partial charge in [-0.15, -0.1) is 0 Å². The van der Waals surface area contributed by atoms with Crippen LogP contribution in [0.5, 0.6) is 11.6 Å². The second-order valence-corrected chi connectivity index (χ2v) is 4.50. The fourth-order valence-electron chi connectivity index (χ4n) is 1.99. The van der Waals surface area contributed by atoms with Gasteiger partial charge >= 0.3 is 5.69 Å². The Balaban J connectivity index is 2.54. The van der Waals surface area contributed by atoms with Crippen LogP contribution in [0.25, 0.3) is 0 Å². The first-order chi connectivity index (χ1) is 9.91. The number of hydrogen-bond acceptors (Lipinski definition) is 5. The predicted molar refractivity (Wildman–Crippen MR) is 77.9 cm³/mol. The van der Waals surface area contributed by atoms with Crippen LogP contribution in [0, 0.1) is 29.4 Å². The lowest BCUT2D eigenvalue weighted by atomic mass is 10.1. The summed E-state index contributed by atoms with van der Waals surface area (Å²) >= 11 is 0. The summed E-state index contributed by atoms with van der Waals surface area (Å²) in [7, 11) is 0. The van der Waals surface area contributed by atoms with Crippen LogP contribution in [0.2, 0.25) is 0 Å². The van der Waals surface area contributed by atoms with E-state index < -0.39 is 4.92 Å². The third-order valence-electron chi connectivity index (χ3n) is 2.98. The molecule has 0 unspecified atom stereocenters. The number of amidine groups is 1. The highest BCUT2D eigenvalue weighted by Gasteiger charge is 2.21. The number of nitrogen functional groups attached to an aromatic ring is 1. The molecular weight excluding hydrogens is 272 g/mol. The molecule has 1 aromatic carbocycles. The number of nitrogens with one attached hydrogen (secondary N) is 1. The van der Waals surface area contributed by atoms with Gasteiger partial charge in [-0.3, -0.25) is 15.5 Å². The number of ether oxygens (including phenoxy) is 1. The number of benzene rings is 1. The van der Waals surface area contributed by atoms with Gasteiger partial charge in [0.05, 0.1) is 10.5 Å². The van der Waals surface area contributed by atoms with E-state index in [1.165, 1.54) is 12.3 Å². The normalized spacial score (nSPS) is 10.2. The smallest absolute Gasteiger partial charge is 0.314 e. The fourth-order valence-corrected chi connectivity index (χ4v) is 1.99. The number of nitro benzene ring substituents is 1. The molecule has 0 radical (unpaired) electrons. The van der Waals surface area contributed by atoms with Crippen molar-refractivity contribution in [2.24, 2.45) is 5.73 Å². The average Bonchev–Trinajstić information content (AvgIpc) is 2.37. The van der Waals surface area contributed by atoms with Crippen molar-refractivity contribution < 1.29 is 9.66 Å². The first kappa shape index (κ1) is 14.4. The zero-order chi connectivity index (χ0) is 15.6. The van der Waals surface area contributed by atoms with Crippen molar-refractivity contribution in [2.75, 3.05) is 0 Å². The fraction of sp³-hybridized carbons (Fsp3) is 0.143. The van der Waals surface area contributed by atoms with Gasteiger partial charge in [0.1, 0.15) is 5.84 Å². The van der Waals surface area contributed by atoms with Crippen LogP contribution in [0.3, 0.4) is 0 Å². The second-order valence-electron chi connectivity index (χ2n) is 4.50. The van der Waals surface area contributed by atoms with Crippen LogP contribution in [-0.2, 0) is 0 Å². The number of nitrogens with zero attached hydrogens (tertiary/aromatic N) is 2. The number of aromatic nitrogens is 1. The van der Waals surface area contributed by atoms with E-state index >= 15 is 0 Å². The molecule has 2 aromatic rings. The highest BCUT2D eigenvalue weighted by Crippen LogP contribution is 2.34. The number of rotatable bonds is 4. The molecule has 2 rings (SSSR count). The maximum atomic E-state index is 11.2. The van der Waals surface area contributed by atoms with Gasteiger partial charge in [-0.2, -0.15) is 0 Å². The molecule has 108 valence electrons. The van der Waals surface area contributed by atoms with Gasteiger partial charge < -0.3 is 10.5 Å². The van der Waals surface area contributed by atoms with Crippen molar-refractivity contribution in [3.63, 3.8) is 0 Å². The molecule has 7 heteroatoms. The largest absolute Gasteiger partial charge is 0.431 e. The number of nitrogens with two attached hydrogens (primary N) is 1. The summed E-state index contributed by atoms with van der Waals surface area (Å²) in [5, 5.41) is 18.7. The zero-order valence-electron chi connectivity index (χ0n) is 11.6. The van der Waals surface area contributed by atoms with E-state index in [0.717, 1.165) is 0 Å². The topological polar surface area (TPSA) is 115 Å². The third-order valence-corrected chi connectivity index (χ3v) is 2.98. The highest BCUT2D eigenvalue weighted by atomic mass is 16.6. The number of para-hydroxylation sites is 1. The molecule has 0 amide bonds. The lowest BCUT2D eigenvalue weighted by Crippen LogP contribution is -2.15. The number of nitro groups is 1. The predicted octanol–water partition coefficient (Wildman–Crippen LogP) is 2.68. The van der Waals surface area contributed by atoms with E-state index in [-0.39, 0.29) is 23.2 Å². The SMILES string of the molecule is Cc1ccnc(Oc2cccc(C)c2[N+](=O)[O-])c1C(=N)N. The third kappa shape index (κ3) is 2.81. The summed E-state index contributed by atoms with van der Waals surface area (Å²) in [6.45, 7) is 3.39. The molecular formula is C14H14N4O3. The highest BCUT2D eigenvalue weighted by molar-refractivity contribution is 5.98. The molecule has 0 saturated carbocycles. The lowest BCUT2D eigenvalue weighted by Gasteiger charge is -2.11. The number of hydrogen-bond donors (Lipinski definition) is 2. The van der Waals surface area contributed by atoms with Crippen LogP contribution in [-0.4, -0.2) is 15.7 Å². The second kappa shape index (κ2) is 5.58. The first-order valence-electron chi connectivity index (χ1n) is 6.13. The van der Waals surface area contributed by atoms with Crippen LogP contribution >= 0.6 is 0 Å². The van der Waals surface area contributed by atoms with E-state index in [1.807, 2.05) is 0 Å². The Morgan fingerprint density at radius 2 is 2.05 bits per heavy atom. The molecule has 0 aliphatic heterocycles. The van der Waals surface area contributed by atoms with Gasteiger partial charge in [0.15, 0.2) is 0 Å². The quantitative estimate of drug-likeness (QED) is 0.388. The Hall–Kier alpha value is -2.96. The summed E-state index contributed by atoms with van der Waals surface area (Å²) in [6.07, 6.45) is 1.50. The zero-order valence-corrected chi connectivity index (χ0v) is 11.6. The Morgan fingerprint density at radius 3 is 2.67 bits per heavy atom. The molecule has 1 heterocycles. The standard InChI is InChI=1S/C14H14N4O3/c1-8-6-7-17-14(11(8)13(15)16)21-10-5-3-4-9(2)12(10)18(19)20/h3-7H,1-2H3,(H3,15,16). The van der Waals surface area contributed by atoms with Gasteiger partial charge in [0, 0.05) is 11.8 Å². The molecule has 0 fully saturated rings. The maximum Gasteiger partial charge on any atom is 0.314 e. The summed E-state index contributed by atoms with van der Waals surface area (Å²) in [6, 6.07) is 6.45.